The maximum Gasteiger partial charge on any atom is 0.239 e. The van der Waals surface area contributed by atoms with Crippen LogP contribution in [-0.2, 0) is 16.1 Å². The molecule has 1 aliphatic rings. The SMILES string of the molecule is CN=C(NCC(=O)NC(C)(C)C)NCc1ccc(N2CCCC2=O)cc1.I. The molecule has 1 aromatic rings. The minimum Gasteiger partial charge on any atom is -0.352 e. The first-order valence-electron chi connectivity index (χ1n) is 8.93. The number of anilines is 1. The number of carbonyl (C=O) groups excluding carboxylic acids is 2. The number of hydrogen-bond acceptors (Lipinski definition) is 3. The number of nitrogens with one attached hydrogen (secondary N) is 3. The van der Waals surface area contributed by atoms with Crippen LogP contribution in [0.4, 0.5) is 5.69 Å². The minimum absolute atomic E-state index is 0. The normalized spacial score (nSPS) is 14.6. The maximum absolute atomic E-state index is 11.9. The molecule has 0 aliphatic carbocycles. The van der Waals surface area contributed by atoms with E-state index in [1.54, 1.807) is 7.05 Å². The van der Waals surface area contributed by atoms with E-state index in [0.717, 1.165) is 24.2 Å². The second-order valence-electron chi connectivity index (χ2n) is 7.39. The zero-order valence-electron chi connectivity index (χ0n) is 16.5. The lowest BCUT2D eigenvalue weighted by Crippen LogP contribution is -2.48. The van der Waals surface area contributed by atoms with E-state index in [1.807, 2.05) is 49.9 Å². The Labute approximate surface area is 178 Å². The molecular formula is C19H30IN5O2. The van der Waals surface area contributed by atoms with Gasteiger partial charge in [-0.25, -0.2) is 0 Å². The van der Waals surface area contributed by atoms with Gasteiger partial charge in [0.25, 0.3) is 0 Å². The van der Waals surface area contributed by atoms with E-state index >= 15 is 0 Å². The summed E-state index contributed by atoms with van der Waals surface area (Å²) in [5.41, 5.74) is 1.76. The summed E-state index contributed by atoms with van der Waals surface area (Å²) >= 11 is 0. The highest BCUT2D eigenvalue weighted by Gasteiger charge is 2.21. The number of benzene rings is 1. The summed E-state index contributed by atoms with van der Waals surface area (Å²) in [5, 5.41) is 9.07. The Bertz CT molecular complexity index is 668. The first kappa shape index (κ1) is 23.2. The van der Waals surface area contributed by atoms with Crippen LogP contribution in [0.5, 0.6) is 0 Å². The Kier molecular flexibility index (Phi) is 9.01. The van der Waals surface area contributed by atoms with Crippen molar-refractivity contribution < 1.29 is 9.59 Å². The molecule has 150 valence electrons. The summed E-state index contributed by atoms with van der Waals surface area (Å²) in [7, 11) is 1.67. The Morgan fingerprint density at radius 2 is 1.85 bits per heavy atom. The zero-order valence-corrected chi connectivity index (χ0v) is 18.8. The predicted molar refractivity (Wildman–Crippen MR) is 120 cm³/mol. The van der Waals surface area contributed by atoms with Crippen LogP contribution in [0.15, 0.2) is 29.3 Å². The van der Waals surface area contributed by atoms with Gasteiger partial charge in [-0.3, -0.25) is 14.6 Å². The quantitative estimate of drug-likeness (QED) is 0.337. The molecule has 1 aromatic carbocycles. The van der Waals surface area contributed by atoms with Crippen LogP contribution < -0.4 is 20.9 Å². The van der Waals surface area contributed by atoms with Gasteiger partial charge in [-0.05, 0) is 44.9 Å². The molecule has 7 nitrogen and oxygen atoms in total. The highest BCUT2D eigenvalue weighted by molar-refractivity contribution is 14.0. The van der Waals surface area contributed by atoms with Crippen molar-refractivity contribution in [2.75, 3.05) is 25.0 Å². The molecule has 27 heavy (non-hydrogen) atoms. The summed E-state index contributed by atoms with van der Waals surface area (Å²) in [6.45, 7) is 7.36. The lowest BCUT2D eigenvalue weighted by Gasteiger charge is -2.21. The second kappa shape index (κ2) is 10.5. The smallest absolute Gasteiger partial charge is 0.239 e. The van der Waals surface area contributed by atoms with Crippen molar-refractivity contribution in [1.29, 1.82) is 0 Å². The molecule has 1 fully saturated rings. The van der Waals surface area contributed by atoms with Crippen LogP contribution in [0, 0.1) is 0 Å². The summed E-state index contributed by atoms with van der Waals surface area (Å²) in [5.74, 6) is 0.668. The maximum atomic E-state index is 11.9. The fourth-order valence-corrected chi connectivity index (χ4v) is 2.75. The van der Waals surface area contributed by atoms with Crippen molar-refractivity contribution in [2.45, 2.75) is 45.7 Å². The number of aliphatic imine (C=N–C) groups is 1. The third kappa shape index (κ3) is 7.74. The fraction of sp³-hybridized carbons (Fsp3) is 0.526. The monoisotopic (exact) mass is 487 g/mol. The van der Waals surface area contributed by atoms with Crippen LogP contribution in [0.3, 0.4) is 0 Å². The first-order valence-corrected chi connectivity index (χ1v) is 8.93. The average Bonchev–Trinajstić information content (AvgIpc) is 3.00. The van der Waals surface area contributed by atoms with Crippen molar-refractivity contribution in [3.05, 3.63) is 29.8 Å². The molecule has 3 N–H and O–H groups in total. The number of halogens is 1. The van der Waals surface area contributed by atoms with Crippen molar-refractivity contribution in [3.63, 3.8) is 0 Å². The third-order valence-corrected chi connectivity index (χ3v) is 3.94. The molecule has 8 heteroatoms. The molecule has 2 rings (SSSR count). The largest absolute Gasteiger partial charge is 0.352 e. The molecular weight excluding hydrogens is 457 g/mol. The summed E-state index contributed by atoms with van der Waals surface area (Å²) in [6, 6.07) is 7.92. The van der Waals surface area contributed by atoms with E-state index in [-0.39, 0.29) is 47.9 Å². The van der Waals surface area contributed by atoms with Crippen molar-refractivity contribution in [2.24, 2.45) is 4.99 Å². The van der Waals surface area contributed by atoms with Gasteiger partial charge in [0.1, 0.15) is 0 Å². The molecule has 1 heterocycles. The van der Waals surface area contributed by atoms with Gasteiger partial charge >= 0.3 is 0 Å². The summed E-state index contributed by atoms with van der Waals surface area (Å²) < 4.78 is 0. The van der Waals surface area contributed by atoms with Gasteiger partial charge in [-0.1, -0.05) is 12.1 Å². The predicted octanol–water partition coefficient (Wildman–Crippen LogP) is 2.01. The highest BCUT2D eigenvalue weighted by Crippen LogP contribution is 2.21. The zero-order chi connectivity index (χ0) is 19.2. The van der Waals surface area contributed by atoms with E-state index in [9.17, 15) is 9.59 Å². The topological polar surface area (TPSA) is 85.8 Å². The molecule has 1 aliphatic heterocycles. The second-order valence-corrected chi connectivity index (χ2v) is 7.39. The summed E-state index contributed by atoms with van der Waals surface area (Å²) in [4.78, 5) is 29.6. The Hall–Kier alpha value is -1.84. The number of amides is 2. The molecule has 0 radical (unpaired) electrons. The fourth-order valence-electron chi connectivity index (χ4n) is 2.75. The van der Waals surface area contributed by atoms with E-state index < -0.39 is 0 Å². The van der Waals surface area contributed by atoms with Gasteiger partial charge in [0.05, 0.1) is 6.54 Å². The Morgan fingerprint density at radius 1 is 1.19 bits per heavy atom. The number of nitrogens with zero attached hydrogens (tertiary/aromatic N) is 2. The van der Waals surface area contributed by atoms with Gasteiger partial charge in [-0.15, -0.1) is 24.0 Å². The van der Waals surface area contributed by atoms with E-state index in [2.05, 4.69) is 20.9 Å². The number of hydrogen-bond donors (Lipinski definition) is 3. The van der Waals surface area contributed by atoms with Crippen LogP contribution in [0.25, 0.3) is 0 Å². The molecule has 0 unspecified atom stereocenters. The van der Waals surface area contributed by atoms with Gasteiger partial charge in [0, 0.05) is 37.8 Å². The van der Waals surface area contributed by atoms with E-state index in [4.69, 9.17) is 0 Å². The van der Waals surface area contributed by atoms with E-state index in [0.29, 0.717) is 18.9 Å². The number of rotatable bonds is 5. The van der Waals surface area contributed by atoms with Crippen LogP contribution in [0.2, 0.25) is 0 Å². The number of carbonyl (C=O) groups is 2. The summed E-state index contributed by atoms with van der Waals surface area (Å²) in [6.07, 6.45) is 1.56. The van der Waals surface area contributed by atoms with Gasteiger partial charge in [0.2, 0.25) is 11.8 Å². The lowest BCUT2D eigenvalue weighted by atomic mass is 10.1. The van der Waals surface area contributed by atoms with Gasteiger partial charge in [-0.2, -0.15) is 0 Å². The third-order valence-electron chi connectivity index (χ3n) is 3.94. The Morgan fingerprint density at radius 3 is 2.37 bits per heavy atom. The molecule has 0 spiro atoms. The number of guanidine groups is 1. The molecule has 1 saturated heterocycles. The molecule has 0 atom stereocenters. The Balaban J connectivity index is 0.00000364. The minimum atomic E-state index is -0.256. The molecule has 0 aromatic heterocycles. The van der Waals surface area contributed by atoms with Crippen LogP contribution in [-0.4, -0.2) is 43.5 Å². The van der Waals surface area contributed by atoms with Crippen molar-refractivity contribution in [3.8, 4) is 0 Å². The van der Waals surface area contributed by atoms with Crippen LogP contribution in [0.1, 0.15) is 39.2 Å². The molecule has 0 saturated carbocycles. The van der Waals surface area contributed by atoms with Crippen molar-refractivity contribution in [1.82, 2.24) is 16.0 Å². The standard InChI is InChI=1S/C19H29N5O2.HI/c1-19(2,3)23-16(25)13-22-18(20-4)21-12-14-7-9-15(10-8-14)24-11-5-6-17(24)26;/h7-10H,5-6,11-13H2,1-4H3,(H,23,25)(H2,20,21,22);1H. The highest BCUT2D eigenvalue weighted by atomic mass is 127. The van der Waals surface area contributed by atoms with Crippen LogP contribution >= 0.6 is 24.0 Å². The van der Waals surface area contributed by atoms with Gasteiger partial charge in [0.15, 0.2) is 5.96 Å². The first-order chi connectivity index (χ1) is 12.3. The van der Waals surface area contributed by atoms with Crippen molar-refractivity contribution >= 4 is 47.4 Å². The molecule has 2 amide bonds. The lowest BCUT2D eigenvalue weighted by molar-refractivity contribution is -0.121. The van der Waals surface area contributed by atoms with E-state index in [1.165, 1.54) is 0 Å². The van der Waals surface area contributed by atoms with Gasteiger partial charge < -0.3 is 20.9 Å². The molecule has 0 bridgehead atoms. The average molecular weight is 487 g/mol.